The summed E-state index contributed by atoms with van der Waals surface area (Å²) in [5.74, 6) is -0.248. The van der Waals surface area contributed by atoms with Crippen LogP contribution >= 0.6 is 0 Å². The monoisotopic (exact) mass is 376 g/mol. The van der Waals surface area contributed by atoms with Crippen molar-refractivity contribution >= 4 is 5.97 Å². The number of morpholine rings is 1. The van der Waals surface area contributed by atoms with Crippen molar-refractivity contribution < 1.29 is 19.7 Å². The second-order valence-electron chi connectivity index (χ2n) is 8.52. The number of aliphatic hydroxyl groups is 1. The van der Waals surface area contributed by atoms with Gasteiger partial charge in [0.2, 0.25) is 0 Å². The Kier molecular flexibility index (Phi) is 5.58. The van der Waals surface area contributed by atoms with Gasteiger partial charge in [0, 0.05) is 31.2 Å². The molecule has 0 radical (unpaired) electrons. The molecular formula is C21H32N2O4. The minimum absolute atomic E-state index is 0.0710. The molecule has 27 heavy (non-hydrogen) atoms. The van der Waals surface area contributed by atoms with Crippen molar-refractivity contribution in [2.75, 3.05) is 32.8 Å². The quantitative estimate of drug-likeness (QED) is 0.766. The molecule has 0 amide bonds. The van der Waals surface area contributed by atoms with Gasteiger partial charge in [-0.1, -0.05) is 12.8 Å². The molecule has 2 aliphatic carbocycles. The minimum atomic E-state index is -0.819. The van der Waals surface area contributed by atoms with Crippen molar-refractivity contribution in [1.29, 1.82) is 0 Å². The lowest BCUT2D eigenvalue weighted by Crippen LogP contribution is -2.55. The van der Waals surface area contributed by atoms with E-state index in [1.165, 1.54) is 0 Å². The Bertz CT molecular complexity index is 634. The lowest BCUT2D eigenvalue weighted by atomic mass is 9.85. The predicted octanol–water partition coefficient (Wildman–Crippen LogP) is 2.21. The van der Waals surface area contributed by atoms with Gasteiger partial charge in [0.05, 0.1) is 24.9 Å². The summed E-state index contributed by atoms with van der Waals surface area (Å²) < 4.78 is 5.54. The van der Waals surface area contributed by atoms with Crippen LogP contribution < -0.4 is 0 Å². The zero-order chi connectivity index (χ0) is 19.0. The third kappa shape index (κ3) is 3.93. The highest BCUT2D eigenvalue weighted by molar-refractivity contribution is 5.93. The maximum atomic E-state index is 12.1. The van der Waals surface area contributed by atoms with Crippen LogP contribution in [0.2, 0.25) is 0 Å². The maximum Gasteiger partial charge on any atom is 0.337 e. The fourth-order valence-corrected chi connectivity index (χ4v) is 4.96. The Morgan fingerprint density at radius 3 is 2.52 bits per heavy atom. The molecule has 0 spiro atoms. The largest absolute Gasteiger partial charge is 0.478 e. The number of allylic oxidation sites excluding steroid dienone is 1. The fourth-order valence-electron chi connectivity index (χ4n) is 4.96. The average molecular weight is 376 g/mol. The Balaban J connectivity index is 1.68. The molecule has 4 rings (SSSR count). The van der Waals surface area contributed by atoms with Crippen molar-refractivity contribution in [2.24, 2.45) is 11.8 Å². The number of ether oxygens (including phenoxy) is 1. The molecule has 2 heterocycles. The van der Waals surface area contributed by atoms with Crippen molar-refractivity contribution in [3.63, 3.8) is 0 Å². The molecule has 4 aliphatic rings. The summed E-state index contributed by atoms with van der Waals surface area (Å²) in [6.45, 7) is 5.84. The summed E-state index contributed by atoms with van der Waals surface area (Å²) >= 11 is 0. The molecule has 0 aromatic rings. The van der Waals surface area contributed by atoms with Gasteiger partial charge < -0.3 is 19.8 Å². The standard InChI is InChI=1S/C21H32N2O4/c1-14-12-18(22-8-10-27-11-9-22)23(13-16-4-2-3-5-17(16)24)20(15-6-7-15)19(14)21(25)26/h12,15-18,24H,2-11,13H2,1H3,(H,25,26)/t16-,17+,18?/m1/s1. The van der Waals surface area contributed by atoms with Crippen LogP contribution in [0.4, 0.5) is 0 Å². The molecule has 0 bridgehead atoms. The number of carboxylic acid groups (broad SMARTS) is 1. The van der Waals surface area contributed by atoms with E-state index >= 15 is 0 Å². The topological polar surface area (TPSA) is 73.2 Å². The van der Waals surface area contributed by atoms with E-state index in [0.717, 1.165) is 82.6 Å². The molecule has 6 heteroatoms. The van der Waals surface area contributed by atoms with Crippen LogP contribution in [0.5, 0.6) is 0 Å². The highest BCUT2D eigenvalue weighted by atomic mass is 16.5. The lowest BCUT2D eigenvalue weighted by molar-refractivity contribution is -0.132. The van der Waals surface area contributed by atoms with Gasteiger partial charge in [-0.2, -0.15) is 0 Å². The van der Waals surface area contributed by atoms with Gasteiger partial charge in [-0.25, -0.2) is 4.79 Å². The molecule has 6 nitrogen and oxygen atoms in total. The van der Waals surface area contributed by atoms with E-state index in [9.17, 15) is 15.0 Å². The summed E-state index contributed by atoms with van der Waals surface area (Å²) in [5, 5.41) is 20.5. The Labute approximate surface area is 161 Å². The van der Waals surface area contributed by atoms with Crippen LogP contribution in [0, 0.1) is 11.8 Å². The SMILES string of the molecule is CC1=CC(N2CCOCC2)N(C[C@H]2CCCC[C@@H]2O)C(C2CC2)=C1C(=O)O. The first-order valence-electron chi connectivity index (χ1n) is 10.5. The van der Waals surface area contributed by atoms with Gasteiger partial charge in [-0.15, -0.1) is 0 Å². The number of hydrogen-bond acceptors (Lipinski definition) is 5. The van der Waals surface area contributed by atoms with Crippen molar-refractivity contribution in [1.82, 2.24) is 9.80 Å². The zero-order valence-electron chi connectivity index (χ0n) is 16.3. The van der Waals surface area contributed by atoms with E-state index in [4.69, 9.17) is 4.74 Å². The number of nitrogens with zero attached hydrogens (tertiary/aromatic N) is 2. The van der Waals surface area contributed by atoms with E-state index in [0.29, 0.717) is 11.5 Å². The first-order chi connectivity index (χ1) is 13.1. The summed E-state index contributed by atoms with van der Waals surface area (Å²) in [5.41, 5.74) is 2.38. The fraction of sp³-hybridized carbons (Fsp3) is 0.762. The molecule has 2 N–H and O–H groups in total. The van der Waals surface area contributed by atoms with E-state index in [1.54, 1.807) is 0 Å². The highest BCUT2D eigenvalue weighted by Crippen LogP contribution is 2.45. The van der Waals surface area contributed by atoms with Gasteiger partial charge in [0.1, 0.15) is 6.17 Å². The summed E-state index contributed by atoms with van der Waals surface area (Å²) in [6, 6.07) is 0. The maximum absolute atomic E-state index is 12.1. The number of carboxylic acids is 1. The van der Waals surface area contributed by atoms with E-state index in [1.807, 2.05) is 6.92 Å². The van der Waals surface area contributed by atoms with E-state index in [2.05, 4.69) is 15.9 Å². The number of carbonyl (C=O) groups is 1. The second kappa shape index (κ2) is 7.94. The van der Waals surface area contributed by atoms with Gasteiger partial charge in [0.25, 0.3) is 0 Å². The molecule has 3 fully saturated rings. The summed E-state index contributed by atoms with van der Waals surface area (Å²) in [4.78, 5) is 16.8. The first kappa shape index (κ1) is 19.0. The van der Waals surface area contributed by atoms with Crippen molar-refractivity contribution in [3.8, 4) is 0 Å². The van der Waals surface area contributed by atoms with Crippen LogP contribution in [0.1, 0.15) is 45.4 Å². The molecule has 1 saturated heterocycles. The average Bonchev–Trinajstić information content (AvgIpc) is 3.49. The van der Waals surface area contributed by atoms with Crippen molar-refractivity contribution in [2.45, 2.75) is 57.7 Å². The number of aliphatic hydroxyl groups excluding tert-OH is 1. The molecule has 150 valence electrons. The number of rotatable bonds is 5. The molecule has 3 atom stereocenters. The molecular weight excluding hydrogens is 344 g/mol. The Morgan fingerprint density at radius 1 is 1.19 bits per heavy atom. The number of hydrogen-bond donors (Lipinski definition) is 2. The molecule has 1 unspecified atom stereocenters. The minimum Gasteiger partial charge on any atom is -0.478 e. The van der Waals surface area contributed by atoms with Crippen LogP contribution in [-0.4, -0.2) is 71.1 Å². The van der Waals surface area contributed by atoms with Crippen LogP contribution in [0.15, 0.2) is 22.9 Å². The molecule has 0 aromatic heterocycles. The van der Waals surface area contributed by atoms with E-state index in [-0.39, 0.29) is 18.2 Å². The molecule has 0 aromatic carbocycles. The van der Waals surface area contributed by atoms with Gasteiger partial charge in [-0.05, 0) is 50.2 Å². The second-order valence-corrected chi connectivity index (χ2v) is 8.52. The van der Waals surface area contributed by atoms with Gasteiger partial charge in [0.15, 0.2) is 0 Å². The third-order valence-corrected chi connectivity index (χ3v) is 6.58. The first-order valence-corrected chi connectivity index (χ1v) is 10.5. The van der Waals surface area contributed by atoms with Gasteiger partial charge in [-0.3, -0.25) is 4.90 Å². The van der Waals surface area contributed by atoms with Gasteiger partial charge >= 0.3 is 5.97 Å². The molecule has 2 saturated carbocycles. The van der Waals surface area contributed by atoms with Crippen LogP contribution in [0.3, 0.4) is 0 Å². The summed E-state index contributed by atoms with van der Waals surface area (Å²) in [6.07, 6.45) is 8.19. The molecule has 2 aliphatic heterocycles. The third-order valence-electron chi connectivity index (χ3n) is 6.58. The zero-order valence-corrected chi connectivity index (χ0v) is 16.3. The van der Waals surface area contributed by atoms with E-state index < -0.39 is 5.97 Å². The lowest BCUT2D eigenvalue weighted by Gasteiger charge is -2.47. The smallest absolute Gasteiger partial charge is 0.337 e. The highest BCUT2D eigenvalue weighted by Gasteiger charge is 2.42. The van der Waals surface area contributed by atoms with Crippen LogP contribution in [0.25, 0.3) is 0 Å². The summed E-state index contributed by atoms with van der Waals surface area (Å²) in [7, 11) is 0. The predicted molar refractivity (Wildman–Crippen MR) is 102 cm³/mol. The Hall–Kier alpha value is -1.37. The normalized spacial score (nSPS) is 33.2. The Morgan fingerprint density at radius 2 is 1.89 bits per heavy atom. The van der Waals surface area contributed by atoms with Crippen molar-refractivity contribution in [3.05, 3.63) is 22.9 Å². The van der Waals surface area contributed by atoms with Crippen LogP contribution in [-0.2, 0) is 9.53 Å². The number of aliphatic carboxylic acids is 1.